The van der Waals surface area contributed by atoms with Gasteiger partial charge in [0.25, 0.3) is 0 Å². The van der Waals surface area contributed by atoms with Crippen LogP contribution in [-0.2, 0) is 4.74 Å². The van der Waals surface area contributed by atoms with Crippen LogP contribution in [0.5, 0.6) is 0 Å². The van der Waals surface area contributed by atoms with Crippen LogP contribution in [0.3, 0.4) is 0 Å². The smallest absolute Gasteiger partial charge is 0.335 e. The Hall–Kier alpha value is -2.28. The monoisotopic (exact) mass is 285 g/mol. The van der Waals surface area contributed by atoms with E-state index in [0.29, 0.717) is 32.2 Å². The molecule has 6 nitrogen and oxygen atoms in total. The Bertz CT molecular complexity index is 764. The zero-order valence-corrected chi connectivity index (χ0v) is 11.2. The molecule has 106 valence electrons. The van der Waals surface area contributed by atoms with E-state index in [1.54, 1.807) is 0 Å². The van der Waals surface area contributed by atoms with Gasteiger partial charge in [-0.25, -0.2) is 4.79 Å². The van der Waals surface area contributed by atoms with E-state index >= 15 is 0 Å². The van der Waals surface area contributed by atoms with E-state index in [1.807, 2.05) is 4.90 Å². The van der Waals surface area contributed by atoms with Gasteiger partial charge >= 0.3 is 5.97 Å². The first-order chi connectivity index (χ1) is 10.1. The van der Waals surface area contributed by atoms with E-state index in [9.17, 15) is 9.59 Å². The number of carbonyl (C=O) groups is 1. The van der Waals surface area contributed by atoms with Crippen molar-refractivity contribution in [2.24, 2.45) is 0 Å². The number of anilines is 1. The second-order valence-corrected chi connectivity index (χ2v) is 4.80. The highest BCUT2D eigenvalue weighted by atomic mass is 16.5. The highest BCUT2D eigenvalue weighted by Gasteiger charge is 2.17. The molecule has 0 atom stereocenters. The van der Waals surface area contributed by atoms with Crippen LogP contribution in [0.2, 0.25) is 0 Å². The lowest BCUT2D eigenvalue weighted by Gasteiger charge is -2.27. The highest BCUT2D eigenvalue weighted by molar-refractivity contribution is 6.38. The summed E-state index contributed by atoms with van der Waals surface area (Å²) in [6.45, 7) is 2.38. The predicted octanol–water partition coefficient (Wildman–Crippen LogP) is 0.122. The molecule has 1 N–H and O–H groups in total. The molecule has 2 aromatic rings. The molecule has 7 heteroatoms. The molecule has 1 aliphatic rings. The third kappa shape index (κ3) is 2.52. The molecular formula is C14H12BNO5. The molecule has 1 aliphatic heterocycles. The van der Waals surface area contributed by atoms with Gasteiger partial charge in [0, 0.05) is 19.2 Å². The number of aromatic carboxylic acids is 1. The minimum atomic E-state index is -1.14. The summed E-state index contributed by atoms with van der Waals surface area (Å²) in [7, 11) is 5.82. The minimum absolute atomic E-state index is 0.0357. The van der Waals surface area contributed by atoms with Gasteiger partial charge in [0.1, 0.15) is 13.4 Å². The van der Waals surface area contributed by atoms with E-state index in [2.05, 4.69) is 0 Å². The molecule has 0 bridgehead atoms. The number of rotatable bonds is 2. The second kappa shape index (κ2) is 5.25. The van der Waals surface area contributed by atoms with Crippen molar-refractivity contribution < 1.29 is 19.1 Å². The Labute approximate surface area is 121 Å². The number of benzene rings is 1. The van der Waals surface area contributed by atoms with E-state index < -0.39 is 5.97 Å². The lowest BCUT2D eigenvalue weighted by Crippen LogP contribution is -2.36. The van der Waals surface area contributed by atoms with Gasteiger partial charge in [0.2, 0.25) is 0 Å². The maximum absolute atomic E-state index is 12.2. The Morgan fingerprint density at radius 3 is 2.62 bits per heavy atom. The fourth-order valence-electron chi connectivity index (χ4n) is 2.34. The van der Waals surface area contributed by atoms with Gasteiger partial charge in [-0.15, -0.1) is 0 Å². The van der Waals surface area contributed by atoms with Crippen LogP contribution in [0, 0.1) is 0 Å². The largest absolute Gasteiger partial charge is 0.478 e. The minimum Gasteiger partial charge on any atom is -0.478 e. The molecule has 2 heterocycles. The summed E-state index contributed by atoms with van der Waals surface area (Å²) in [5.41, 5.74) is 0.00469. The standard InChI is InChI=1S/C14H12BNO5/c15-10-6-8(14(18)19)5-9-11(17)7-12(21-13(9)10)16-1-3-20-4-2-16/h5-7H,1-4H2,(H,18,19). The van der Waals surface area contributed by atoms with Crippen LogP contribution >= 0.6 is 0 Å². The average Bonchev–Trinajstić information content (AvgIpc) is 2.48. The predicted molar refractivity (Wildman–Crippen MR) is 77.9 cm³/mol. The summed E-state index contributed by atoms with van der Waals surface area (Å²) in [4.78, 5) is 25.1. The van der Waals surface area contributed by atoms with Crippen LogP contribution in [0.15, 0.2) is 27.4 Å². The van der Waals surface area contributed by atoms with Crippen LogP contribution in [0.25, 0.3) is 11.0 Å². The third-order valence-corrected chi connectivity index (χ3v) is 3.41. The molecule has 0 amide bonds. The molecular weight excluding hydrogens is 273 g/mol. The summed E-state index contributed by atoms with van der Waals surface area (Å²) >= 11 is 0. The molecule has 1 aromatic carbocycles. The van der Waals surface area contributed by atoms with Crippen molar-refractivity contribution in [3.63, 3.8) is 0 Å². The highest BCUT2D eigenvalue weighted by Crippen LogP contribution is 2.19. The molecule has 0 aliphatic carbocycles. The van der Waals surface area contributed by atoms with Crippen molar-refractivity contribution in [1.82, 2.24) is 0 Å². The Morgan fingerprint density at radius 2 is 1.95 bits per heavy atom. The number of nitrogens with zero attached hydrogens (tertiary/aromatic N) is 1. The first-order valence-corrected chi connectivity index (χ1v) is 6.49. The maximum Gasteiger partial charge on any atom is 0.335 e. The molecule has 1 fully saturated rings. The topological polar surface area (TPSA) is 80.0 Å². The summed E-state index contributed by atoms with van der Waals surface area (Å²) in [5, 5.41) is 9.18. The summed E-state index contributed by atoms with van der Waals surface area (Å²) in [5.74, 6) is -0.717. The zero-order valence-electron chi connectivity index (χ0n) is 11.2. The lowest BCUT2D eigenvalue weighted by atomic mass is 9.91. The van der Waals surface area contributed by atoms with Crippen molar-refractivity contribution in [2.45, 2.75) is 0 Å². The van der Waals surface area contributed by atoms with E-state index in [0.717, 1.165) is 0 Å². The van der Waals surface area contributed by atoms with Gasteiger partial charge in [-0.1, -0.05) is 11.5 Å². The van der Waals surface area contributed by atoms with E-state index in [-0.39, 0.29) is 27.4 Å². The quantitative estimate of drug-likeness (QED) is 0.790. The van der Waals surface area contributed by atoms with Crippen molar-refractivity contribution in [3.05, 3.63) is 34.0 Å². The first kappa shape index (κ1) is 13.7. The number of hydrogen-bond acceptors (Lipinski definition) is 5. The van der Waals surface area contributed by atoms with E-state index in [1.165, 1.54) is 18.2 Å². The number of carboxylic acid groups (broad SMARTS) is 1. The average molecular weight is 285 g/mol. The van der Waals surface area contributed by atoms with E-state index in [4.69, 9.17) is 22.1 Å². The van der Waals surface area contributed by atoms with Gasteiger partial charge in [-0.05, 0) is 6.07 Å². The normalized spacial score (nSPS) is 15.3. The molecule has 0 spiro atoms. The number of carboxylic acids is 1. The Balaban J connectivity index is 2.15. The zero-order chi connectivity index (χ0) is 15.0. The summed E-state index contributed by atoms with van der Waals surface area (Å²) < 4.78 is 11.0. The van der Waals surface area contributed by atoms with Crippen LogP contribution in [0.1, 0.15) is 10.4 Å². The van der Waals surface area contributed by atoms with Gasteiger partial charge in [0.15, 0.2) is 11.3 Å². The molecule has 1 saturated heterocycles. The molecule has 1 aromatic heterocycles. The first-order valence-electron chi connectivity index (χ1n) is 6.49. The van der Waals surface area contributed by atoms with Crippen molar-refractivity contribution in [3.8, 4) is 0 Å². The molecule has 21 heavy (non-hydrogen) atoms. The van der Waals surface area contributed by atoms with Crippen LogP contribution < -0.4 is 15.8 Å². The molecule has 3 rings (SSSR count). The van der Waals surface area contributed by atoms with Crippen molar-refractivity contribution in [2.75, 3.05) is 31.2 Å². The summed E-state index contributed by atoms with van der Waals surface area (Å²) in [6, 6.07) is 3.93. The van der Waals surface area contributed by atoms with Crippen molar-refractivity contribution in [1.29, 1.82) is 0 Å². The lowest BCUT2D eigenvalue weighted by molar-refractivity contribution is 0.0697. The fraction of sp³-hybridized carbons (Fsp3) is 0.286. The van der Waals surface area contributed by atoms with Gasteiger partial charge in [-0.2, -0.15) is 0 Å². The molecule has 0 unspecified atom stereocenters. The second-order valence-electron chi connectivity index (χ2n) is 4.80. The Morgan fingerprint density at radius 1 is 1.24 bits per heavy atom. The molecule has 2 radical (unpaired) electrons. The van der Waals surface area contributed by atoms with Gasteiger partial charge in [0.05, 0.1) is 24.2 Å². The van der Waals surface area contributed by atoms with Crippen molar-refractivity contribution >= 4 is 36.1 Å². The SMILES string of the molecule is [B]c1cc(C(=O)O)cc2c(=O)cc(N3CCOCC3)oc12. The maximum atomic E-state index is 12.2. The fourth-order valence-corrected chi connectivity index (χ4v) is 2.34. The third-order valence-electron chi connectivity index (χ3n) is 3.41. The van der Waals surface area contributed by atoms with Crippen LogP contribution in [0.4, 0.5) is 5.88 Å². The van der Waals surface area contributed by atoms with Gasteiger partial charge < -0.3 is 19.2 Å². The number of fused-ring (bicyclic) bond motifs is 1. The number of morpholine rings is 1. The van der Waals surface area contributed by atoms with Crippen LogP contribution in [-0.4, -0.2) is 45.2 Å². The Kier molecular flexibility index (Phi) is 3.43. The summed E-state index contributed by atoms with van der Waals surface area (Å²) in [6.07, 6.45) is 0. The number of hydrogen-bond donors (Lipinski definition) is 1. The molecule has 0 saturated carbocycles. The number of ether oxygens (including phenoxy) is 1. The van der Waals surface area contributed by atoms with Gasteiger partial charge in [-0.3, -0.25) is 4.79 Å².